The number of aliphatic hydroxyl groups is 1. The number of rotatable bonds is 3. The summed E-state index contributed by atoms with van der Waals surface area (Å²) in [5, 5.41) is 10.2. The second-order valence-corrected chi connectivity index (χ2v) is 5.17. The smallest absolute Gasteiger partial charge is 0.337 e. The molecule has 1 aliphatic heterocycles. The zero-order valence-corrected chi connectivity index (χ0v) is 11.3. The Labute approximate surface area is 112 Å². The van der Waals surface area contributed by atoms with Crippen molar-refractivity contribution in [3.63, 3.8) is 0 Å². The van der Waals surface area contributed by atoms with Crippen LogP contribution in [-0.4, -0.2) is 16.9 Å². The first-order chi connectivity index (χ1) is 8.85. The highest BCUT2D eigenvalue weighted by molar-refractivity contribution is 5.83. The van der Waals surface area contributed by atoms with E-state index in [1.165, 1.54) is 6.08 Å². The van der Waals surface area contributed by atoms with E-state index in [0.717, 1.165) is 11.1 Å². The zero-order valence-electron chi connectivity index (χ0n) is 11.3. The lowest BCUT2D eigenvalue weighted by atomic mass is 10.0. The highest BCUT2D eigenvalue weighted by Gasteiger charge is 2.30. The van der Waals surface area contributed by atoms with Crippen molar-refractivity contribution < 1.29 is 19.4 Å². The van der Waals surface area contributed by atoms with Crippen LogP contribution in [0.25, 0.3) is 0 Å². The molecule has 1 aromatic carbocycles. The van der Waals surface area contributed by atoms with E-state index in [1.54, 1.807) is 13.8 Å². The SMILES string of the molecule is Cc1cccc([C@H](O)CC2=CC(=O)OC(C)(C)O2)c1. The predicted octanol–water partition coefficient (Wildman–Crippen LogP) is 2.61. The molecule has 4 heteroatoms. The first-order valence-corrected chi connectivity index (χ1v) is 6.23. The van der Waals surface area contributed by atoms with Crippen molar-refractivity contribution in [3.05, 3.63) is 47.2 Å². The summed E-state index contributed by atoms with van der Waals surface area (Å²) < 4.78 is 10.5. The van der Waals surface area contributed by atoms with Gasteiger partial charge in [0.2, 0.25) is 5.79 Å². The maximum Gasteiger partial charge on any atom is 0.337 e. The van der Waals surface area contributed by atoms with E-state index in [9.17, 15) is 9.90 Å². The molecule has 102 valence electrons. The summed E-state index contributed by atoms with van der Waals surface area (Å²) >= 11 is 0. The van der Waals surface area contributed by atoms with Crippen LogP contribution in [-0.2, 0) is 14.3 Å². The Morgan fingerprint density at radius 3 is 2.68 bits per heavy atom. The summed E-state index contributed by atoms with van der Waals surface area (Å²) in [6.45, 7) is 5.29. The number of carbonyl (C=O) groups excluding carboxylic acids is 1. The minimum absolute atomic E-state index is 0.252. The number of aliphatic hydroxyl groups excluding tert-OH is 1. The predicted molar refractivity (Wildman–Crippen MR) is 70.1 cm³/mol. The molecule has 0 aliphatic carbocycles. The Morgan fingerprint density at radius 2 is 2.05 bits per heavy atom. The van der Waals surface area contributed by atoms with Gasteiger partial charge in [0.1, 0.15) is 5.76 Å². The Balaban J connectivity index is 2.11. The lowest BCUT2D eigenvalue weighted by Crippen LogP contribution is -2.34. The molecular weight excluding hydrogens is 244 g/mol. The number of hydrogen-bond acceptors (Lipinski definition) is 4. The van der Waals surface area contributed by atoms with Crippen molar-refractivity contribution in [3.8, 4) is 0 Å². The van der Waals surface area contributed by atoms with Crippen LogP contribution in [0.1, 0.15) is 37.5 Å². The summed E-state index contributed by atoms with van der Waals surface area (Å²) in [6, 6.07) is 7.62. The van der Waals surface area contributed by atoms with Gasteiger partial charge >= 0.3 is 5.97 Å². The monoisotopic (exact) mass is 262 g/mol. The minimum Gasteiger partial charge on any atom is -0.457 e. The first kappa shape index (κ1) is 13.6. The normalized spacial score (nSPS) is 19.2. The van der Waals surface area contributed by atoms with Gasteiger partial charge in [0, 0.05) is 20.3 Å². The van der Waals surface area contributed by atoms with Gasteiger partial charge in [-0.2, -0.15) is 0 Å². The van der Waals surface area contributed by atoms with E-state index in [0.29, 0.717) is 5.76 Å². The van der Waals surface area contributed by atoms with E-state index < -0.39 is 17.9 Å². The van der Waals surface area contributed by atoms with Crippen LogP contribution in [0.2, 0.25) is 0 Å². The Hall–Kier alpha value is -1.81. The number of cyclic esters (lactones) is 1. The van der Waals surface area contributed by atoms with Crippen LogP contribution in [0.3, 0.4) is 0 Å². The largest absolute Gasteiger partial charge is 0.457 e. The van der Waals surface area contributed by atoms with E-state index in [1.807, 2.05) is 31.2 Å². The number of carbonyl (C=O) groups is 1. The second kappa shape index (κ2) is 5.05. The third kappa shape index (κ3) is 3.58. The van der Waals surface area contributed by atoms with Crippen molar-refractivity contribution in [2.75, 3.05) is 0 Å². The van der Waals surface area contributed by atoms with Crippen molar-refractivity contribution in [2.45, 2.75) is 39.1 Å². The van der Waals surface area contributed by atoms with E-state index >= 15 is 0 Å². The molecule has 1 N–H and O–H groups in total. The highest BCUT2D eigenvalue weighted by atomic mass is 16.7. The fraction of sp³-hybridized carbons (Fsp3) is 0.400. The van der Waals surface area contributed by atoms with Crippen molar-refractivity contribution in [1.82, 2.24) is 0 Å². The number of esters is 1. The second-order valence-electron chi connectivity index (χ2n) is 5.17. The molecular formula is C15H18O4. The number of hydrogen-bond donors (Lipinski definition) is 1. The van der Waals surface area contributed by atoms with Crippen molar-refractivity contribution in [1.29, 1.82) is 0 Å². The van der Waals surface area contributed by atoms with Crippen LogP contribution in [0.4, 0.5) is 0 Å². The van der Waals surface area contributed by atoms with Crippen LogP contribution in [0.5, 0.6) is 0 Å². The third-order valence-corrected chi connectivity index (χ3v) is 2.82. The Bertz CT molecular complexity index is 517. The van der Waals surface area contributed by atoms with Gasteiger partial charge in [-0.1, -0.05) is 29.8 Å². The van der Waals surface area contributed by atoms with Gasteiger partial charge in [-0.25, -0.2) is 4.79 Å². The van der Waals surface area contributed by atoms with Gasteiger partial charge in [-0.05, 0) is 12.5 Å². The minimum atomic E-state index is -0.979. The maximum absolute atomic E-state index is 11.4. The highest BCUT2D eigenvalue weighted by Crippen LogP contribution is 2.29. The lowest BCUT2D eigenvalue weighted by molar-refractivity contribution is -0.206. The van der Waals surface area contributed by atoms with E-state index in [-0.39, 0.29) is 6.42 Å². The molecule has 2 rings (SSSR count). The van der Waals surface area contributed by atoms with Gasteiger partial charge in [-0.3, -0.25) is 0 Å². The molecule has 0 fully saturated rings. The third-order valence-electron chi connectivity index (χ3n) is 2.82. The molecule has 0 unspecified atom stereocenters. The fourth-order valence-corrected chi connectivity index (χ4v) is 2.06. The van der Waals surface area contributed by atoms with Crippen LogP contribution >= 0.6 is 0 Å². The molecule has 0 bridgehead atoms. The summed E-state index contributed by atoms with van der Waals surface area (Å²) in [5.74, 6) is -0.981. The number of aryl methyl sites for hydroxylation is 1. The van der Waals surface area contributed by atoms with Crippen LogP contribution in [0.15, 0.2) is 36.1 Å². The molecule has 1 heterocycles. The molecule has 1 atom stereocenters. The quantitative estimate of drug-likeness (QED) is 0.851. The summed E-state index contributed by atoms with van der Waals surface area (Å²) in [5.41, 5.74) is 1.89. The van der Waals surface area contributed by atoms with Gasteiger partial charge in [0.15, 0.2) is 0 Å². The van der Waals surface area contributed by atoms with Crippen LogP contribution < -0.4 is 0 Å². The van der Waals surface area contributed by atoms with Gasteiger partial charge < -0.3 is 14.6 Å². The van der Waals surface area contributed by atoms with Crippen molar-refractivity contribution >= 4 is 5.97 Å². The average molecular weight is 262 g/mol. The average Bonchev–Trinajstić information content (AvgIpc) is 2.25. The van der Waals surface area contributed by atoms with Gasteiger partial charge in [-0.15, -0.1) is 0 Å². The Kier molecular flexibility index (Phi) is 3.62. The number of ether oxygens (including phenoxy) is 2. The molecule has 0 spiro atoms. The standard InChI is InChI=1S/C15H18O4/c1-10-5-4-6-11(7-10)13(16)8-12-9-14(17)19-15(2,3)18-12/h4-7,9,13,16H,8H2,1-3H3/t13-/m1/s1. The molecule has 19 heavy (non-hydrogen) atoms. The molecule has 0 radical (unpaired) electrons. The molecule has 0 amide bonds. The topological polar surface area (TPSA) is 55.8 Å². The lowest BCUT2D eigenvalue weighted by Gasteiger charge is -2.31. The molecule has 1 aliphatic rings. The van der Waals surface area contributed by atoms with E-state index in [2.05, 4.69) is 0 Å². The maximum atomic E-state index is 11.4. The van der Waals surface area contributed by atoms with Crippen LogP contribution in [0, 0.1) is 6.92 Å². The van der Waals surface area contributed by atoms with Crippen molar-refractivity contribution in [2.24, 2.45) is 0 Å². The molecule has 0 aromatic heterocycles. The summed E-state index contributed by atoms with van der Waals surface area (Å²) in [7, 11) is 0. The molecule has 1 aromatic rings. The Morgan fingerprint density at radius 1 is 1.32 bits per heavy atom. The zero-order chi connectivity index (χ0) is 14.0. The van der Waals surface area contributed by atoms with Gasteiger partial charge in [0.05, 0.1) is 12.2 Å². The van der Waals surface area contributed by atoms with Gasteiger partial charge in [0.25, 0.3) is 0 Å². The van der Waals surface area contributed by atoms with E-state index in [4.69, 9.17) is 9.47 Å². The number of benzene rings is 1. The summed E-state index contributed by atoms with van der Waals surface area (Å²) in [4.78, 5) is 11.4. The molecule has 0 saturated heterocycles. The molecule has 4 nitrogen and oxygen atoms in total. The molecule has 0 saturated carbocycles. The summed E-state index contributed by atoms with van der Waals surface area (Å²) in [6.07, 6.45) is 0.833. The fourth-order valence-electron chi connectivity index (χ4n) is 2.06. The first-order valence-electron chi connectivity index (χ1n) is 6.23.